The number of aromatic nitrogens is 4. The molecule has 8 heteroatoms. The van der Waals surface area contributed by atoms with Crippen LogP contribution >= 0.6 is 11.6 Å². The summed E-state index contributed by atoms with van der Waals surface area (Å²) in [5.41, 5.74) is 9.33. The van der Waals surface area contributed by atoms with E-state index in [0.717, 1.165) is 11.1 Å². The van der Waals surface area contributed by atoms with Crippen LogP contribution in [0.4, 0.5) is 5.95 Å². The zero-order valence-electron chi connectivity index (χ0n) is 13.8. The molecule has 0 saturated heterocycles. The van der Waals surface area contributed by atoms with Gasteiger partial charge in [-0.1, -0.05) is 29.8 Å². The van der Waals surface area contributed by atoms with Gasteiger partial charge in [-0.3, -0.25) is 9.48 Å². The molecule has 128 valence electrons. The molecule has 3 rings (SSSR count). The zero-order valence-corrected chi connectivity index (χ0v) is 14.6. The Bertz CT molecular complexity index is 916. The van der Waals surface area contributed by atoms with Gasteiger partial charge in [-0.05, 0) is 11.6 Å². The number of nitrogen functional groups attached to an aromatic ring is 1. The molecule has 0 aliphatic heterocycles. The van der Waals surface area contributed by atoms with Crippen LogP contribution in [0.5, 0.6) is 0 Å². The molecule has 2 aromatic heterocycles. The summed E-state index contributed by atoms with van der Waals surface area (Å²) in [6, 6.07) is 9.07. The first-order valence-corrected chi connectivity index (χ1v) is 7.98. The molecule has 0 unspecified atom stereocenters. The third-order valence-electron chi connectivity index (χ3n) is 3.73. The van der Waals surface area contributed by atoms with Gasteiger partial charge in [0.25, 0.3) is 5.91 Å². The largest absolute Gasteiger partial charge is 0.368 e. The van der Waals surface area contributed by atoms with Crippen molar-refractivity contribution in [3.8, 4) is 11.4 Å². The van der Waals surface area contributed by atoms with Gasteiger partial charge < -0.3 is 11.1 Å². The van der Waals surface area contributed by atoms with Crippen LogP contribution < -0.4 is 11.1 Å². The highest BCUT2D eigenvalue weighted by Gasteiger charge is 2.16. The summed E-state index contributed by atoms with van der Waals surface area (Å²) in [5, 5.41) is 7.38. The first kappa shape index (κ1) is 16.9. The summed E-state index contributed by atoms with van der Waals surface area (Å²) in [4.78, 5) is 20.2. The minimum absolute atomic E-state index is 0.0878. The maximum Gasteiger partial charge on any atom is 0.251 e. The van der Waals surface area contributed by atoms with Crippen molar-refractivity contribution >= 4 is 23.5 Å². The van der Waals surface area contributed by atoms with Crippen LogP contribution in [0.2, 0.25) is 5.15 Å². The van der Waals surface area contributed by atoms with E-state index in [1.165, 1.54) is 0 Å². The Morgan fingerprint density at radius 3 is 2.76 bits per heavy atom. The molecule has 0 spiro atoms. The fourth-order valence-electron chi connectivity index (χ4n) is 2.67. The second kappa shape index (κ2) is 6.90. The number of anilines is 1. The molecule has 0 fully saturated rings. The lowest BCUT2D eigenvalue weighted by molar-refractivity contribution is 0.0962. The number of carbonyl (C=O) groups excluding carboxylic acids is 1. The van der Waals surface area contributed by atoms with Crippen LogP contribution in [0.3, 0.4) is 0 Å². The summed E-state index contributed by atoms with van der Waals surface area (Å²) >= 11 is 5.99. The lowest BCUT2D eigenvalue weighted by atomic mass is 9.99. The Labute approximate surface area is 149 Å². The lowest BCUT2D eigenvalue weighted by Gasteiger charge is -2.08. The second-order valence-electron chi connectivity index (χ2n) is 5.52. The van der Waals surface area contributed by atoms with E-state index in [0.29, 0.717) is 23.4 Å². The van der Waals surface area contributed by atoms with Crippen molar-refractivity contribution in [3.63, 3.8) is 0 Å². The molecule has 2 heterocycles. The number of nitrogens with one attached hydrogen (secondary N) is 1. The Hall–Kier alpha value is -2.93. The fourth-order valence-corrected chi connectivity index (χ4v) is 2.86. The maximum atomic E-state index is 12.1. The Balaban J connectivity index is 2.04. The summed E-state index contributed by atoms with van der Waals surface area (Å²) in [6.45, 7) is 0. The number of carbonyl (C=O) groups is 1. The predicted octanol–water partition coefficient (Wildman–Crippen LogP) is 2.06. The number of nitrogens with zero attached hydrogens (tertiary/aromatic N) is 4. The second-order valence-corrected chi connectivity index (χ2v) is 5.91. The third-order valence-corrected chi connectivity index (χ3v) is 3.92. The van der Waals surface area contributed by atoms with Crippen molar-refractivity contribution in [2.45, 2.75) is 6.42 Å². The van der Waals surface area contributed by atoms with Crippen LogP contribution in [0.1, 0.15) is 21.5 Å². The van der Waals surface area contributed by atoms with Gasteiger partial charge in [-0.25, -0.2) is 9.97 Å². The van der Waals surface area contributed by atoms with Crippen molar-refractivity contribution in [1.82, 2.24) is 25.1 Å². The van der Waals surface area contributed by atoms with E-state index in [9.17, 15) is 4.79 Å². The van der Waals surface area contributed by atoms with Crippen LogP contribution in [0.25, 0.3) is 11.4 Å². The van der Waals surface area contributed by atoms with E-state index >= 15 is 0 Å². The molecule has 0 aliphatic carbocycles. The van der Waals surface area contributed by atoms with E-state index < -0.39 is 0 Å². The number of halogens is 1. The molecular weight excluding hydrogens is 340 g/mol. The van der Waals surface area contributed by atoms with Crippen molar-refractivity contribution in [2.24, 2.45) is 7.05 Å². The van der Waals surface area contributed by atoms with Gasteiger partial charge in [-0.15, -0.1) is 0 Å². The van der Waals surface area contributed by atoms with Gasteiger partial charge in [0.15, 0.2) is 0 Å². The first-order chi connectivity index (χ1) is 12.0. The Kier molecular flexibility index (Phi) is 4.67. The number of hydrogen-bond acceptors (Lipinski definition) is 5. The Morgan fingerprint density at radius 1 is 1.28 bits per heavy atom. The monoisotopic (exact) mass is 356 g/mol. The Morgan fingerprint density at radius 2 is 2.04 bits per heavy atom. The third kappa shape index (κ3) is 3.61. The first-order valence-electron chi connectivity index (χ1n) is 7.61. The van der Waals surface area contributed by atoms with Gasteiger partial charge in [0.2, 0.25) is 5.95 Å². The summed E-state index contributed by atoms with van der Waals surface area (Å²) in [6.07, 6.45) is 2.41. The van der Waals surface area contributed by atoms with Gasteiger partial charge in [0, 0.05) is 43.9 Å². The molecule has 3 N–H and O–H groups in total. The number of nitrogens with two attached hydrogens (primary N) is 1. The van der Waals surface area contributed by atoms with Crippen molar-refractivity contribution in [2.75, 3.05) is 12.8 Å². The molecule has 0 aliphatic rings. The maximum absolute atomic E-state index is 12.1. The van der Waals surface area contributed by atoms with Crippen molar-refractivity contribution in [3.05, 3.63) is 58.4 Å². The average Bonchev–Trinajstić information content (AvgIpc) is 2.94. The summed E-state index contributed by atoms with van der Waals surface area (Å²) in [5.74, 6) is -0.0415. The zero-order chi connectivity index (χ0) is 18.0. The standard InChI is InChI=1S/C17H17ClN6O/c1-20-16(25)12-6-4-3-5-10(12)7-11-9-24(2)23-15(11)13-8-14(18)22-17(19)21-13/h3-6,8-9H,7H2,1-2H3,(H,20,25)(H2,19,21,22). The van der Waals surface area contributed by atoms with Crippen molar-refractivity contribution < 1.29 is 4.79 Å². The molecule has 0 radical (unpaired) electrons. The van der Waals surface area contributed by atoms with Crippen LogP contribution in [0, 0.1) is 0 Å². The fraction of sp³-hybridized carbons (Fsp3) is 0.176. The van der Waals surface area contributed by atoms with Crippen LogP contribution in [-0.2, 0) is 13.5 Å². The number of aryl methyl sites for hydroxylation is 1. The minimum Gasteiger partial charge on any atom is -0.368 e. The van der Waals surface area contributed by atoms with E-state index in [-0.39, 0.29) is 17.0 Å². The van der Waals surface area contributed by atoms with Crippen LogP contribution in [0.15, 0.2) is 36.5 Å². The average molecular weight is 357 g/mol. The molecule has 1 aromatic carbocycles. The molecule has 1 amide bonds. The topological polar surface area (TPSA) is 98.7 Å². The molecule has 0 bridgehead atoms. The molecule has 3 aromatic rings. The molecule has 25 heavy (non-hydrogen) atoms. The van der Waals surface area contributed by atoms with E-state index in [1.807, 2.05) is 31.4 Å². The number of rotatable bonds is 4. The molecular formula is C17H17ClN6O. The van der Waals surface area contributed by atoms with E-state index in [4.69, 9.17) is 17.3 Å². The smallest absolute Gasteiger partial charge is 0.251 e. The molecule has 0 saturated carbocycles. The molecule has 7 nitrogen and oxygen atoms in total. The molecule has 0 atom stereocenters. The normalized spacial score (nSPS) is 10.7. The number of hydrogen-bond donors (Lipinski definition) is 2. The van der Waals surface area contributed by atoms with E-state index in [1.54, 1.807) is 23.9 Å². The van der Waals surface area contributed by atoms with Crippen molar-refractivity contribution in [1.29, 1.82) is 0 Å². The number of benzene rings is 1. The SMILES string of the molecule is CNC(=O)c1ccccc1Cc1cn(C)nc1-c1cc(Cl)nc(N)n1. The minimum atomic E-state index is -0.129. The summed E-state index contributed by atoms with van der Waals surface area (Å²) < 4.78 is 1.69. The quantitative estimate of drug-likeness (QED) is 0.697. The van der Waals surface area contributed by atoms with Crippen LogP contribution in [-0.4, -0.2) is 32.7 Å². The predicted molar refractivity (Wildman–Crippen MR) is 96.3 cm³/mol. The van der Waals surface area contributed by atoms with Gasteiger partial charge >= 0.3 is 0 Å². The number of amides is 1. The highest BCUT2D eigenvalue weighted by molar-refractivity contribution is 6.29. The lowest BCUT2D eigenvalue weighted by Crippen LogP contribution is -2.19. The highest BCUT2D eigenvalue weighted by atomic mass is 35.5. The van der Waals surface area contributed by atoms with Gasteiger partial charge in [0.05, 0.1) is 5.69 Å². The van der Waals surface area contributed by atoms with Gasteiger partial charge in [0.1, 0.15) is 10.8 Å². The van der Waals surface area contributed by atoms with Gasteiger partial charge in [-0.2, -0.15) is 5.10 Å². The highest BCUT2D eigenvalue weighted by Crippen LogP contribution is 2.26. The summed E-state index contributed by atoms with van der Waals surface area (Å²) in [7, 11) is 3.43. The van der Waals surface area contributed by atoms with E-state index in [2.05, 4.69) is 20.4 Å².